The molecule has 0 N–H and O–H groups in total. The van der Waals surface area contributed by atoms with Gasteiger partial charge in [0.25, 0.3) is 0 Å². The molecule has 3 aliphatic heterocycles. The number of nitrogens with zero attached hydrogens (tertiary/aromatic N) is 6. The van der Waals surface area contributed by atoms with E-state index in [1.807, 2.05) is 29.2 Å². The van der Waals surface area contributed by atoms with E-state index in [1.165, 1.54) is 0 Å². The zero-order valence-corrected chi connectivity index (χ0v) is 16.6. The van der Waals surface area contributed by atoms with Gasteiger partial charge >= 0.3 is 0 Å². The van der Waals surface area contributed by atoms with E-state index in [4.69, 9.17) is 14.8 Å². The summed E-state index contributed by atoms with van der Waals surface area (Å²) < 4.78 is 20.7. The van der Waals surface area contributed by atoms with Crippen molar-refractivity contribution in [2.45, 2.75) is 31.7 Å². The van der Waals surface area contributed by atoms with Crippen LogP contribution in [0.4, 0.5) is 10.2 Å². The van der Waals surface area contributed by atoms with Gasteiger partial charge in [-0.25, -0.2) is 19.0 Å². The molecule has 0 aromatic carbocycles. The first-order valence-corrected chi connectivity index (χ1v) is 10.5. The highest BCUT2D eigenvalue weighted by Gasteiger charge is 2.34. The molecule has 2 saturated heterocycles. The fourth-order valence-corrected chi connectivity index (χ4v) is 4.62. The van der Waals surface area contributed by atoms with Crippen LogP contribution in [0.5, 0.6) is 5.88 Å². The van der Waals surface area contributed by atoms with E-state index in [2.05, 4.69) is 26.9 Å². The Bertz CT molecular complexity index is 1050. The molecule has 0 amide bonds. The van der Waals surface area contributed by atoms with E-state index in [1.54, 1.807) is 6.20 Å². The molecule has 0 bridgehead atoms. The van der Waals surface area contributed by atoms with E-state index in [0.29, 0.717) is 31.6 Å². The number of anilines is 1. The quantitative estimate of drug-likeness (QED) is 0.667. The van der Waals surface area contributed by atoms with Gasteiger partial charge in [-0.15, -0.1) is 0 Å². The van der Waals surface area contributed by atoms with Crippen molar-refractivity contribution in [2.24, 2.45) is 0 Å². The van der Waals surface area contributed by atoms with Crippen molar-refractivity contribution in [3.05, 3.63) is 48.4 Å². The van der Waals surface area contributed by atoms with Crippen LogP contribution in [0.3, 0.4) is 0 Å². The summed E-state index contributed by atoms with van der Waals surface area (Å²) >= 11 is 0. The molecule has 6 heterocycles. The maximum absolute atomic E-state index is 13.1. The minimum Gasteiger partial charge on any atom is -0.472 e. The Labute approximate surface area is 174 Å². The fraction of sp³-hybridized carbons (Fsp3) is 0.409. The van der Waals surface area contributed by atoms with Crippen LogP contribution in [0.2, 0.25) is 0 Å². The highest BCUT2D eigenvalue weighted by atomic mass is 19.1. The van der Waals surface area contributed by atoms with Crippen LogP contribution in [0.1, 0.15) is 18.4 Å². The Kier molecular flexibility index (Phi) is 4.19. The molecule has 0 unspecified atom stereocenters. The molecule has 154 valence electrons. The third kappa shape index (κ3) is 3.02. The van der Waals surface area contributed by atoms with Crippen molar-refractivity contribution in [2.75, 3.05) is 31.1 Å². The monoisotopic (exact) mass is 406 g/mol. The molecule has 6 rings (SSSR count). The third-order valence-corrected chi connectivity index (χ3v) is 6.35. The van der Waals surface area contributed by atoms with Crippen LogP contribution in [0, 0.1) is 0 Å². The number of ether oxygens (including phenoxy) is 1. The first kappa shape index (κ1) is 17.8. The van der Waals surface area contributed by atoms with Gasteiger partial charge in [0.15, 0.2) is 0 Å². The molecule has 7 nitrogen and oxygen atoms in total. The summed E-state index contributed by atoms with van der Waals surface area (Å²) in [6.45, 7) is 3.61. The highest BCUT2D eigenvalue weighted by Crippen LogP contribution is 2.35. The molecular formula is C22H23FN6O. The van der Waals surface area contributed by atoms with E-state index in [9.17, 15) is 4.39 Å². The van der Waals surface area contributed by atoms with Crippen LogP contribution in [0.25, 0.3) is 16.9 Å². The maximum atomic E-state index is 13.1. The van der Waals surface area contributed by atoms with Crippen molar-refractivity contribution < 1.29 is 9.13 Å². The molecule has 3 aliphatic rings. The molecule has 0 atom stereocenters. The number of hydrogen-bond acceptors (Lipinski definition) is 6. The average Bonchev–Trinajstić information content (AvgIpc) is 3.22. The number of rotatable bonds is 3. The first-order chi connectivity index (χ1) is 14.7. The molecule has 30 heavy (non-hydrogen) atoms. The summed E-state index contributed by atoms with van der Waals surface area (Å²) in [4.78, 5) is 13.6. The normalized spacial score (nSPS) is 19.7. The van der Waals surface area contributed by atoms with Gasteiger partial charge in [0.1, 0.15) is 24.3 Å². The van der Waals surface area contributed by atoms with Crippen LogP contribution in [-0.2, 0) is 6.61 Å². The topological polar surface area (TPSA) is 59.3 Å². The summed E-state index contributed by atoms with van der Waals surface area (Å²) in [6, 6.07) is 8.51. The largest absolute Gasteiger partial charge is 0.472 e. The zero-order valence-electron chi connectivity index (χ0n) is 16.6. The van der Waals surface area contributed by atoms with Crippen LogP contribution >= 0.6 is 0 Å². The molecule has 0 aliphatic carbocycles. The Balaban J connectivity index is 1.17. The second-order valence-electron chi connectivity index (χ2n) is 8.24. The van der Waals surface area contributed by atoms with Crippen molar-refractivity contribution in [1.82, 2.24) is 24.6 Å². The van der Waals surface area contributed by atoms with Crippen molar-refractivity contribution in [3.63, 3.8) is 0 Å². The van der Waals surface area contributed by atoms with Crippen molar-refractivity contribution >= 4 is 5.82 Å². The lowest BCUT2D eigenvalue weighted by Crippen LogP contribution is -2.56. The predicted molar refractivity (Wildman–Crippen MR) is 111 cm³/mol. The average molecular weight is 406 g/mol. The number of aromatic nitrogens is 4. The van der Waals surface area contributed by atoms with Gasteiger partial charge in [-0.2, -0.15) is 5.10 Å². The number of halogens is 1. The van der Waals surface area contributed by atoms with Crippen molar-refractivity contribution in [1.29, 1.82) is 0 Å². The molecule has 2 fully saturated rings. The molecule has 8 heteroatoms. The van der Waals surface area contributed by atoms with Gasteiger partial charge in [-0.05, 0) is 37.1 Å². The molecule has 3 aromatic heterocycles. The van der Waals surface area contributed by atoms with E-state index in [-0.39, 0.29) is 0 Å². The highest BCUT2D eigenvalue weighted by molar-refractivity contribution is 5.69. The maximum Gasteiger partial charge on any atom is 0.223 e. The summed E-state index contributed by atoms with van der Waals surface area (Å²) in [6.07, 6.45) is 7.10. The second-order valence-corrected chi connectivity index (χ2v) is 8.24. The number of alkyl halides is 1. The number of hydrogen-bond donors (Lipinski definition) is 0. The Hall–Kier alpha value is -3.00. The third-order valence-electron chi connectivity index (χ3n) is 6.35. The number of piperidine rings is 1. The van der Waals surface area contributed by atoms with Crippen LogP contribution in [-0.4, -0.2) is 63.0 Å². The number of fused-ring (bicyclic) bond motifs is 3. The van der Waals surface area contributed by atoms with Gasteiger partial charge in [-0.3, -0.25) is 4.90 Å². The number of likely N-dealkylation sites (tertiary alicyclic amines) is 1. The minimum absolute atomic E-state index is 0.472. The fourth-order valence-electron chi connectivity index (χ4n) is 4.62. The summed E-state index contributed by atoms with van der Waals surface area (Å²) in [5, 5.41) is 4.76. The lowest BCUT2D eigenvalue weighted by atomic mass is 9.99. The smallest absolute Gasteiger partial charge is 0.223 e. The first-order valence-electron chi connectivity index (χ1n) is 10.5. The van der Waals surface area contributed by atoms with E-state index in [0.717, 1.165) is 54.3 Å². The Morgan fingerprint density at radius 2 is 1.93 bits per heavy atom. The summed E-state index contributed by atoms with van der Waals surface area (Å²) in [7, 11) is 0. The van der Waals surface area contributed by atoms with Crippen LogP contribution < -0.4 is 9.64 Å². The second kappa shape index (κ2) is 7.05. The molecule has 3 aromatic rings. The summed E-state index contributed by atoms with van der Waals surface area (Å²) in [5.41, 5.74) is 3.80. The SMILES string of the molecule is FC1CN(C2CCN(c3ccc(-n4cc5c(n4)-c4cccnc4OC5)cn3)CC2)C1. The Morgan fingerprint density at radius 3 is 2.70 bits per heavy atom. The Morgan fingerprint density at radius 1 is 1.07 bits per heavy atom. The molecular weight excluding hydrogens is 383 g/mol. The van der Waals surface area contributed by atoms with Gasteiger partial charge in [0, 0.05) is 50.2 Å². The van der Waals surface area contributed by atoms with Gasteiger partial charge in [0.2, 0.25) is 5.88 Å². The number of pyridine rings is 2. The van der Waals surface area contributed by atoms with E-state index < -0.39 is 6.17 Å². The van der Waals surface area contributed by atoms with E-state index >= 15 is 0 Å². The molecule has 0 spiro atoms. The van der Waals surface area contributed by atoms with Gasteiger partial charge < -0.3 is 9.64 Å². The standard InChI is InChI=1S/C22H23FN6O/c23-16-12-28(13-16)17-5-8-27(9-6-17)20-4-3-18(10-25-20)29-11-15-14-30-22-19(21(15)26-29)2-1-7-24-22/h1-4,7,10-11,16-17H,5-6,8-9,12-14H2. The minimum atomic E-state index is -0.624. The lowest BCUT2D eigenvalue weighted by molar-refractivity contribution is 0.0187. The van der Waals surface area contributed by atoms with Crippen LogP contribution in [0.15, 0.2) is 42.9 Å². The van der Waals surface area contributed by atoms with Gasteiger partial charge in [0.05, 0.1) is 17.4 Å². The summed E-state index contributed by atoms with van der Waals surface area (Å²) in [5.74, 6) is 1.62. The predicted octanol–water partition coefficient (Wildman–Crippen LogP) is 2.84. The van der Waals surface area contributed by atoms with Gasteiger partial charge in [-0.1, -0.05) is 0 Å². The molecule has 0 radical (unpaired) electrons. The zero-order chi connectivity index (χ0) is 20.1. The molecule has 0 saturated carbocycles. The lowest BCUT2D eigenvalue weighted by Gasteiger charge is -2.44. The van der Waals surface area contributed by atoms with Crippen molar-refractivity contribution in [3.8, 4) is 22.8 Å².